The summed E-state index contributed by atoms with van der Waals surface area (Å²) in [5.41, 5.74) is 2.72. The molecule has 0 atom stereocenters. The Bertz CT molecular complexity index is 1050. The standard InChI is InChI=1S/C35H48FNO2/c1-3-5-7-9-10-12-14-29-17-20-31(26-33(29)36)28-15-18-30(19-16-28)34(38)39-32-21-24-35(27-37,25-22-32)23-13-11-8-6-4-2/h15-20,26,32H,3-14,21-25H2,1-2H3. The fourth-order valence-corrected chi connectivity index (χ4v) is 5.79. The lowest BCUT2D eigenvalue weighted by atomic mass is 9.71. The monoisotopic (exact) mass is 533 g/mol. The number of esters is 1. The molecule has 1 fully saturated rings. The molecule has 39 heavy (non-hydrogen) atoms. The molecule has 212 valence electrons. The van der Waals surface area contributed by atoms with Crippen LogP contribution in [0.1, 0.15) is 133 Å². The lowest BCUT2D eigenvalue weighted by Crippen LogP contribution is -2.31. The van der Waals surface area contributed by atoms with E-state index in [1.807, 2.05) is 24.3 Å². The first-order chi connectivity index (χ1) is 19.0. The molecular weight excluding hydrogens is 485 g/mol. The molecular formula is C35H48FNO2. The second-order valence-electron chi connectivity index (χ2n) is 11.6. The molecule has 3 rings (SSSR count). The van der Waals surface area contributed by atoms with Gasteiger partial charge in [-0.1, -0.05) is 102 Å². The summed E-state index contributed by atoms with van der Waals surface area (Å²) < 4.78 is 20.6. The van der Waals surface area contributed by atoms with Crippen molar-refractivity contribution in [1.29, 1.82) is 5.26 Å². The van der Waals surface area contributed by atoms with Gasteiger partial charge in [-0.15, -0.1) is 0 Å². The van der Waals surface area contributed by atoms with Gasteiger partial charge >= 0.3 is 5.97 Å². The maximum atomic E-state index is 14.7. The van der Waals surface area contributed by atoms with Crippen LogP contribution in [0.25, 0.3) is 11.1 Å². The zero-order valence-electron chi connectivity index (χ0n) is 24.3. The van der Waals surface area contributed by atoms with Gasteiger partial charge in [0.2, 0.25) is 0 Å². The Kier molecular flexibility index (Phi) is 13.0. The maximum absolute atomic E-state index is 14.7. The van der Waals surface area contributed by atoms with Gasteiger partial charge < -0.3 is 4.74 Å². The first-order valence-corrected chi connectivity index (χ1v) is 15.5. The predicted octanol–water partition coefficient (Wildman–Crippen LogP) is 10.4. The van der Waals surface area contributed by atoms with Crippen LogP contribution in [-0.2, 0) is 11.2 Å². The second-order valence-corrected chi connectivity index (χ2v) is 11.6. The number of carbonyl (C=O) groups excluding carboxylic acids is 1. The van der Waals surface area contributed by atoms with E-state index in [2.05, 4.69) is 19.9 Å². The number of unbranched alkanes of at least 4 members (excludes halogenated alkanes) is 9. The first-order valence-electron chi connectivity index (χ1n) is 15.5. The lowest BCUT2D eigenvalue weighted by molar-refractivity contribution is 0.0105. The van der Waals surface area contributed by atoms with Crippen LogP contribution >= 0.6 is 0 Å². The summed E-state index contributed by atoms with van der Waals surface area (Å²) in [4.78, 5) is 12.8. The van der Waals surface area contributed by atoms with Crippen molar-refractivity contribution in [3.63, 3.8) is 0 Å². The number of nitrogens with zero attached hydrogens (tertiary/aromatic N) is 1. The number of hydrogen-bond donors (Lipinski definition) is 0. The number of nitriles is 1. The SMILES string of the molecule is CCCCCCCCc1ccc(-c2ccc(C(=O)OC3CCC(C#N)(CCCCCCC)CC3)cc2)cc1F. The van der Waals surface area contributed by atoms with Crippen LogP contribution in [0, 0.1) is 22.6 Å². The Morgan fingerprint density at radius 2 is 1.46 bits per heavy atom. The summed E-state index contributed by atoms with van der Waals surface area (Å²) in [6, 6.07) is 15.3. The van der Waals surface area contributed by atoms with Gasteiger partial charge in [-0.2, -0.15) is 5.26 Å². The summed E-state index contributed by atoms with van der Waals surface area (Å²) in [7, 11) is 0. The largest absolute Gasteiger partial charge is 0.459 e. The number of rotatable bonds is 16. The number of benzene rings is 2. The van der Waals surface area contributed by atoms with Gasteiger partial charge in [0, 0.05) is 0 Å². The van der Waals surface area contributed by atoms with Crippen LogP contribution in [-0.4, -0.2) is 12.1 Å². The van der Waals surface area contributed by atoms with Crippen molar-refractivity contribution in [2.45, 2.75) is 129 Å². The molecule has 0 amide bonds. The smallest absolute Gasteiger partial charge is 0.338 e. The normalized spacial score (nSPS) is 19.0. The minimum Gasteiger partial charge on any atom is -0.459 e. The van der Waals surface area contributed by atoms with Crippen molar-refractivity contribution in [3.8, 4) is 17.2 Å². The van der Waals surface area contributed by atoms with Crippen LogP contribution in [0.5, 0.6) is 0 Å². The molecule has 0 N–H and O–H groups in total. The molecule has 1 saturated carbocycles. The van der Waals surface area contributed by atoms with Gasteiger partial charge in [0.05, 0.1) is 17.0 Å². The van der Waals surface area contributed by atoms with Crippen LogP contribution < -0.4 is 0 Å². The minimum atomic E-state index is -0.323. The third-order valence-corrected chi connectivity index (χ3v) is 8.47. The van der Waals surface area contributed by atoms with Crippen molar-refractivity contribution in [1.82, 2.24) is 0 Å². The van der Waals surface area contributed by atoms with E-state index in [4.69, 9.17) is 4.74 Å². The Morgan fingerprint density at radius 3 is 2.08 bits per heavy atom. The van der Waals surface area contributed by atoms with Crippen LogP contribution in [0.3, 0.4) is 0 Å². The highest BCUT2D eigenvalue weighted by Crippen LogP contribution is 2.41. The van der Waals surface area contributed by atoms with Gasteiger partial charge in [-0.25, -0.2) is 9.18 Å². The van der Waals surface area contributed by atoms with Gasteiger partial charge in [0.1, 0.15) is 11.9 Å². The van der Waals surface area contributed by atoms with Crippen LogP contribution in [0.4, 0.5) is 4.39 Å². The van der Waals surface area contributed by atoms with Crippen LogP contribution in [0.2, 0.25) is 0 Å². The molecule has 1 aliphatic rings. The minimum absolute atomic E-state index is 0.132. The average Bonchev–Trinajstić information content (AvgIpc) is 2.96. The van der Waals surface area contributed by atoms with E-state index in [0.29, 0.717) is 5.56 Å². The van der Waals surface area contributed by atoms with Crippen molar-refractivity contribution >= 4 is 5.97 Å². The van der Waals surface area contributed by atoms with Gasteiger partial charge in [-0.3, -0.25) is 0 Å². The fourth-order valence-electron chi connectivity index (χ4n) is 5.79. The average molecular weight is 534 g/mol. The topological polar surface area (TPSA) is 50.1 Å². The molecule has 0 aliphatic heterocycles. The quantitative estimate of drug-likeness (QED) is 0.159. The highest BCUT2D eigenvalue weighted by atomic mass is 19.1. The Hall–Kier alpha value is -2.67. The fraction of sp³-hybridized carbons (Fsp3) is 0.600. The maximum Gasteiger partial charge on any atom is 0.338 e. The van der Waals surface area contributed by atoms with Gasteiger partial charge in [0.25, 0.3) is 0 Å². The summed E-state index contributed by atoms with van der Waals surface area (Å²) >= 11 is 0. The molecule has 0 bridgehead atoms. The second kappa shape index (κ2) is 16.4. The predicted molar refractivity (Wildman–Crippen MR) is 158 cm³/mol. The number of carbonyl (C=O) groups is 1. The molecule has 0 spiro atoms. The van der Waals surface area contributed by atoms with E-state index >= 15 is 0 Å². The van der Waals surface area contributed by atoms with E-state index < -0.39 is 0 Å². The Morgan fingerprint density at radius 1 is 0.872 bits per heavy atom. The van der Waals surface area contributed by atoms with Crippen molar-refractivity contribution < 1.29 is 13.9 Å². The van der Waals surface area contributed by atoms with Crippen molar-refractivity contribution in [3.05, 3.63) is 59.4 Å². The van der Waals surface area contributed by atoms with E-state index in [9.17, 15) is 14.4 Å². The van der Waals surface area contributed by atoms with Crippen molar-refractivity contribution in [2.24, 2.45) is 5.41 Å². The number of hydrogen-bond acceptors (Lipinski definition) is 3. The first kappa shape index (κ1) is 30.9. The molecule has 4 heteroatoms. The highest BCUT2D eigenvalue weighted by molar-refractivity contribution is 5.90. The Balaban J connectivity index is 1.46. The van der Waals surface area contributed by atoms with E-state index in [0.717, 1.165) is 74.5 Å². The summed E-state index contributed by atoms with van der Waals surface area (Å²) in [5, 5.41) is 9.84. The van der Waals surface area contributed by atoms with Gasteiger partial charge in [0.15, 0.2) is 0 Å². The van der Waals surface area contributed by atoms with Crippen molar-refractivity contribution in [2.75, 3.05) is 0 Å². The zero-order valence-corrected chi connectivity index (χ0v) is 24.3. The molecule has 0 aromatic heterocycles. The van der Waals surface area contributed by atoms with Crippen LogP contribution in [0.15, 0.2) is 42.5 Å². The van der Waals surface area contributed by atoms with Gasteiger partial charge in [-0.05, 0) is 79.8 Å². The van der Waals surface area contributed by atoms with E-state index in [-0.39, 0.29) is 23.3 Å². The Labute approximate surface area is 236 Å². The molecule has 0 saturated heterocycles. The number of aryl methyl sites for hydroxylation is 1. The number of halogens is 1. The molecule has 2 aromatic carbocycles. The molecule has 0 heterocycles. The molecule has 1 aliphatic carbocycles. The zero-order chi connectivity index (χ0) is 27.9. The third-order valence-electron chi connectivity index (χ3n) is 8.47. The summed E-state index contributed by atoms with van der Waals surface area (Å²) in [6.45, 7) is 4.43. The molecule has 0 unspecified atom stereocenters. The number of ether oxygens (including phenoxy) is 1. The highest BCUT2D eigenvalue weighted by Gasteiger charge is 2.36. The third kappa shape index (κ3) is 9.79. The van der Waals surface area contributed by atoms with E-state index in [1.54, 1.807) is 18.2 Å². The lowest BCUT2D eigenvalue weighted by Gasteiger charge is -2.34. The summed E-state index contributed by atoms with van der Waals surface area (Å²) in [5.74, 6) is -0.479. The molecule has 3 nitrogen and oxygen atoms in total. The molecule has 2 aromatic rings. The molecule has 0 radical (unpaired) electrons. The summed E-state index contributed by atoms with van der Waals surface area (Å²) in [6.07, 6.45) is 17.9. The van der Waals surface area contributed by atoms with E-state index in [1.165, 1.54) is 51.4 Å².